The fraction of sp³-hybridized carbons (Fsp3) is 0.227. The molecule has 0 aliphatic heterocycles. The number of nitrogens with one attached hydrogen (secondary N) is 2. The van der Waals surface area contributed by atoms with Crippen LogP contribution in [-0.4, -0.2) is 26.3 Å². The Morgan fingerprint density at radius 2 is 1.81 bits per heavy atom. The lowest BCUT2D eigenvalue weighted by atomic mass is 10.1. The molecule has 0 spiro atoms. The number of methoxy groups -OCH3 is 1. The maximum Gasteiger partial charge on any atom is 0.319 e. The highest BCUT2D eigenvalue weighted by molar-refractivity contribution is 6.01. The van der Waals surface area contributed by atoms with E-state index in [0.717, 1.165) is 27.8 Å². The second kappa shape index (κ2) is 8.94. The predicted octanol–water partition coefficient (Wildman–Crippen LogP) is 4.61. The lowest BCUT2D eigenvalue weighted by Crippen LogP contribution is -2.30. The van der Waals surface area contributed by atoms with Gasteiger partial charge in [0.1, 0.15) is 0 Å². The molecule has 0 aliphatic rings. The van der Waals surface area contributed by atoms with Gasteiger partial charge in [0.05, 0.1) is 19.4 Å². The van der Waals surface area contributed by atoms with E-state index < -0.39 is 0 Å². The Labute approximate surface area is 159 Å². The normalized spacial score (nSPS) is 10.4. The molecule has 3 aromatic rings. The van der Waals surface area contributed by atoms with Crippen molar-refractivity contribution in [3.63, 3.8) is 0 Å². The quantitative estimate of drug-likeness (QED) is 0.643. The Morgan fingerprint density at radius 1 is 1.00 bits per heavy atom. The average Bonchev–Trinajstić information content (AvgIpc) is 2.69. The Hall–Kier alpha value is -3.21. The zero-order valence-electron chi connectivity index (χ0n) is 15.6. The number of carbonyl (C=O) groups is 1. The number of hydrogen-bond donors (Lipinski definition) is 2. The predicted molar refractivity (Wildman–Crippen MR) is 109 cm³/mol. The van der Waals surface area contributed by atoms with Crippen molar-refractivity contribution in [3.8, 4) is 11.5 Å². The van der Waals surface area contributed by atoms with Crippen molar-refractivity contribution in [2.75, 3.05) is 25.6 Å². The summed E-state index contributed by atoms with van der Waals surface area (Å²) in [6.07, 6.45) is 0.700. The summed E-state index contributed by atoms with van der Waals surface area (Å²) in [7, 11) is 1.62. The van der Waals surface area contributed by atoms with Crippen LogP contribution >= 0.6 is 0 Å². The highest BCUT2D eigenvalue weighted by Crippen LogP contribution is 2.28. The number of ether oxygens (including phenoxy) is 2. The fourth-order valence-electron chi connectivity index (χ4n) is 2.96. The Morgan fingerprint density at radius 3 is 2.63 bits per heavy atom. The minimum Gasteiger partial charge on any atom is -0.493 e. The third kappa shape index (κ3) is 4.70. The second-order valence-electron chi connectivity index (χ2n) is 6.08. The molecule has 27 heavy (non-hydrogen) atoms. The van der Waals surface area contributed by atoms with Gasteiger partial charge in [-0.2, -0.15) is 0 Å². The average molecular weight is 364 g/mol. The van der Waals surface area contributed by atoms with E-state index in [4.69, 9.17) is 9.47 Å². The van der Waals surface area contributed by atoms with Gasteiger partial charge in [-0.15, -0.1) is 0 Å². The summed E-state index contributed by atoms with van der Waals surface area (Å²) in [6, 6.07) is 19.4. The van der Waals surface area contributed by atoms with E-state index in [-0.39, 0.29) is 6.03 Å². The van der Waals surface area contributed by atoms with Crippen molar-refractivity contribution < 1.29 is 14.3 Å². The Bertz CT molecular complexity index is 919. The number of fused-ring (bicyclic) bond motifs is 1. The van der Waals surface area contributed by atoms with E-state index in [1.54, 1.807) is 7.11 Å². The van der Waals surface area contributed by atoms with Gasteiger partial charge in [0.15, 0.2) is 11.5 Å². The molecule has 0 atom stereocenters. The lowest BCUT2D eigenvalue weighted by Gasteiger charge is -2.12. The summed E-state index contributed by atoms with van der Waals surface area (Å²) in [6.45, 7) is 3.05. The highest BCUT2D eigenvalue weighted by atomic mass is 16.5. The number of hydrogen-bond acceptors (Lipinski definition) is 3. The SMILES string of the molecule is CCOc1ccc(CCNC(=O)Nc2cccc3ccccc23)cc1OC. The van der Waals surface area contributed by atoms with E-state index in [0.29, 0.717) is 25.3 Å². The minimum absolute atomic E-state index is 0.218. The van der Waals surface area contributed by atoms with Crippen molar-refractivity contribution in [2.45, 2.75) is 13.3 Å². The zero-order valence-corrected chi connectivity index (χ0v) is 15.6. The van der Waals surface area contributed by atoms with Gasteiger partial charge in [0.25, 0.3) is 0 Å². The lowest BCUT2D eigenvalue weighted by molar-refractivity contribution is 0.252. The molecule has 0 heterocycles. The molecular formula is C22H24N2O3. The van der Waals surface area contributed by atoms with Crippen LogP contribution in [0.3, 0.4) is 0 Å². The number of rotatable bonds is 7. The van der Waals surface area contributed by atoms with Crippen molar-refractivity contribution in [2.24, 2.45) is 0 Å². The van der Waals surface area contributed by atoms with Gasteiger partial charge in [-0.05, 0) is 42.5 Å². The molecule has 140 valence electrons. The molecule has 0 unspecified atom stereocenters. The van der Waals surface area contributed by atoms with Gasteiger partial charge in [0.2, 0.25) is 0 Å². The topological polar surface area (TPSA) is 59.6 Å². The van der Waals surface area contributed by atoms with Crippen LogP contribution in [0.4, 0.5) is 10.5 Å². The molecule has 5 heteroatoms. The van der Waals surface area contributed by atoms with Crippen LogP contribution in [0.5, 0.6) is 11.5 Å². The smallest absolute Gasteiger partial charge is 0.319 e. The van der Waals surface area contributed by atoms with Gasteiger partial charge in [0, 0.05) is 11.9 Å². The Balaban J connectivity index is 1.56. The Kier molecular flexibility index (Phi) is 6.15. The van der Waals surface area contributed by atoms with E-state index in [1.807, 2.05) is 67.6 Å². The molecule has 0 aliphatic carbocycles. The summed E-state index contributed by atoms with van der Waals surface area (Å²) in [4.78, 5) is 12.2. The molecule has 0 radical (unpaired) electrons. The number of anilines is 1. The molecule has 0 bridgehead atoms. The molecule has 0 fully saturated rings. The van der Waals surface area contributed by atoms with E-state index in [2.05, 4.69) is 10.6 Å². The minimum atomic E-state index is -0.218. The van der Waals surface area contributed by atoms with E-state index in [1.165, 1.54) is 0 Å². The van der Waals surface area contributed by atoms with Crippen LogP contribution < -0.4 is 20.1 Å². The van der Waals surface area contributed by atoms with Crippen molar-refractivity contribution >= 4 is 22.5 Å². The molecule has 5 nitrogen and oxygen atoms in total. The molecule has 0 aromatic heterocycles. The summed E-state index contributed by atoms with van der Waals surface area (Å²) >= 11 is 0. The number of urea groups is 1. The first-order chi connectivity index (χ1) is 13.2. The zero-order chi connectivity index (χ0) is 19.1. The van der Waals surface area contributed by atoms with Crippen LogP contribution in [0.2, 0.25) is 0 Å². The van der Waals surface area contributed by atoms with Crippen molar-refractivity contribution in [1.82, 2.24) is 5.32 Å². The van der Waals surface area contributed by atoms with Crippen LogP contribution in [-0.2, 0) is 6.42 Å². The van der Waals surface area contributed by atoms with E-state index in [9.17, 15) is 4.79 Å². The fourth-order valence-corrected chi connectivity index (χ4v) is 2.96. The summed E-state index contributed by atoms with van der Waals surface area (Å²) in [5.41, 5.74) is 1.87. The van der Waals surface area contributed by atoms with Crippen LogP contribution in [0.25, 0.3) is 10.8 Å². The second-order valence-corrected chi connectivity index (χ2v) is 6.08. The number of amides is 2. The number of benzene rings is 3. The first-order valence-electron chi connectivity index (χ1n) is 9.03. The monoisotopic (exact) mass is 364 g/mol. The van der Waals surface area contributed by atoms with Crippen molar-refractivity contribution in [3.05, 3.63) is 66.2 Å². The molecule has 0 saturated heterocycles. The molecule has 3 rings (SSSR count). The molecular weight excluding hydrogens is 340 g/mol. The van der Waals surface area contributed by atoms with E-state index >= 15 is 0 Å². The first kappa shape index (κ1) is 18.6. The first-order valence-corrected chi connectivity index (χ1v) is 9.03. The van der Waals surface area contributed by atoms with Crippen LogP contribution in [0.1, 0.15) is 12.5 Å². The standard InChI is InChI=1S/C22H24N2O3/c1-3-27-20-12-11-16(15-21(20)26-2)13-14-23-22(25)24-19-10-6-8-17-7-4-5-9-18(17)19/h4-12,15H,3,13-14H2,1-2H3,(H2,23,24,25). The van der Waals surface area contributed by atoms with Crippen molar-refractivity contribution in [1.29, 1.82) is 0 Å². The third-order valence-electron chi connectivity index (χ3n) is 4.26. The maximum atomic E-state index is 12.2. The highest BCUT2D eigenvalue weighted by Gasteiger charge is 2.07. The summed E-state index contributed by atoms with van der Waals surface area (Å²) < 4.78 is 10.9. The third-order valence-corrected chi connectivity index (χ3v) is 4.26. The van der Waals surface area contributed by atoms with Gasteiger partial charge in [-0.3, -0.25) is 0 Å². The summed E-state index contributed by atoms with van der Waals surface area (Å²) in [5.74, 6) is 1.43. The summed E-state index contributed by atoms with van der Waals surface area (Å²) in [5, 5.41) is 7.94. The van der Waals surface area contributed by atoms with Gasteiger partial charge >= 0.3 is 6.03 Å². The molecule has 2 N–H and O–H groups in total. The van der Waals surface area contributed by atoms with Gasteiger partial charge in [-0.1, -0.05) is 42.5 Å². The van der Waals surface area contributed by atoms with Gasteiger partial charge in [-0.25, -0.2) is 4.79 Å². The largest absolute Gasteiger partial charge is 0.493 e. The van der Waals surface area contributed by atoms with Crippen LogP contribution in [0.15, 0.2) is 60.7 Å². The molecule has 2 amide bonds. The maximum absolute atomic E-state index is 12.2. The number of carbonyl (C=O) groups excluding carboxylic acids is 1. The van der Waals surface area contributed by atoms with Gasteiger partial charge < -0.3 is 20.1 Å². The molecule has 0 saturated carbocycles. The van der Waals surface area contributed by atoms with Crippen LogP contribution in [0, 0.1) is 0 Å². The molecule has 3 aromatic carbocycles.